The van der Waals surface area contributed by atoms with Crippen molar-refractivity contribution >= 4 is 5.97 Å². The second-order valence-electron chi connectivity index (χ2n) is 3.96. The van der Waals surface area contributed by atoms with Crippen LogP contribution in [0.3, 0.4) is 0 Å². The maximum atomic E-state index is 11.4. The molecule has 1 aromatic rings. The molecule has 1 aliphatic rings. The van der Waals surface area contributed by atoms with Crippen LogP contribution in [0.15, 0.2) is 18.2 Å². The predicted molar refractivity (Wildman–Crippen MR) is 64.2 cm³/mol. The van der Waals surface area contributed by atoms with Gasteiger partial charge in [-0.3, -0.25) is 0 Å². The number of hydrogen-bond donors (Lipinski definition) is 0. The Morgan fingerprint density at radius 1 is 1.33 bits per heavy atom. The monoisotopic (exact) mass is 252 g/mol. The van der Waals surface area contributed by atoms with Gasteiger partial charge in [0, 0.05) is 6.42 Å². The highest BCUT2D eigenvalue weighted by Crippen LogP contribution is 2.30. The lowest BCUT2D eigenvalue weighted by Gasteiger charge is -2.15. The highest BCUT2D eigenvalue weighted by Gasteiger charge is 2.19. The summed E-state index contributed by atoms with van der Waals surface area (Å²) in [5.74, 6) is 0.731. The molecule has 1 heterocycles. The van der Waals surface area contributed by atoms with E-state index in [2.05, 4.69) is 4.74 Å². The average Bonchev–Trinajstić information content (AvgIpc) is 2.91. The van der Waals surface area contributed by atoms with Gasteiger partial charge in [-0.2, -0.15) is 0 Å². The number of ether oxygens (including phenoxy) is 4. The van der Waals surface area contributed by atoms with Crippen molar-refractivity contribution in [2.45, 2.75) is 12.5 Å². The molecule has 98 valence electrons. The van der Waals surface area contributed by atoms with Gasteiger partial charge in [-0.05, 0) is 18.2 Å². The number of carbonyl (C=O) groups excluding carboxylic acids is 1. The molecule has 0 radical (unpaired) electrons. The van der Waals surface area contributed by atoms with Crippen LogP contribution in [0.5, 0.6) is 11.5 Å². The zero-order valence-electron chi connectivity index (χ0n) is 10.5. The van der Waals surface area contributed by atoms with E-state index in [4.69, 9.17) is 14.2 Å². The number of rotatable bonds is 4. The minimum Gasteiger partial charge on any atom is -0.493 e. The zero-order chi connectivity index (χ0) is 13.0. The number of carbonyl (C=O) groups is 1. The maximum Gasteiger partial charge on any atom is 0.337 e. The van der Waals surface area contributed by atoms with Crippen LogP contribution >= 0.6 is 0 Å². The van der Waals surface area contributed by atoms with Crippen molar-refractivity contribution in [3.63, 3.8) is 0 Å². The summed E-state index contributed by atoms with van der Waals surface area (Å²) in [5.41, 5.74) is 0.435. The molecule has 1 saturated heterocycles. The molecule has 5 nitrogen and oxygen atoms in total. The van der Waals surface area contributed by atoms with Crippen molar-refractivity contribution in [3.8, 4) is 11.5 Å². The molecule has 1 aromatic carbocycles. The maximum absolute atomic E-state index is 11.4. The molecule has 1 aliphatic heterocycles. The van der Waals surface area contributed by atoms with E-state index in [1.54, 1.807) is 18.2 Å². The molecule has 2 rings (SSSR count). The third-order valence-electron chi connectivity index (χ3n) is 2.77. The fourth-order valence-corrected chi connectivity index (χ4v) is 1.80. The van der Waals surface area contributed by atoms with Crippen LogP contribution < -0.4 is 9.47 Å². The van der Waals surface area contributed by atoms with Gasteiger partial charge in [-0.15, -0.1) is 0 Å². The Labute approximate surface area is 106 Å². The highest BCUT2D eigenvalue weighted by molar-refractivity contribution is 5.90. The first kappa shape index (κ1) is 12.7. The van der Waals surface area contributed by atoms with Gasteiger partial charge in [0.05, 0.1) is 33.0 Å². The molecule has 1 atom stereocenters. The highest BCUT2D eigenvalue weighted by atomic mass is 16.6. The van der Waals surface area contributed by atoms with Gasteiger partial charge in [0.2, 0.25) is 0 Å². The van der Waals surface area contributed by atoms with Gasteiger partial charge in [-0.1, -0.05) is 0 Å². The molecule has 1 unspecified atom stereocenters. The number of hydrogen-bond acceptors (Lipinski definition) is 5. The summed E-state index contributed by atoms with van der Waals surface area (Å²) in [5, 5.41) is 0. The van der Waals surface area contributed by atoms with E-state index in [-0.39, 0.29) is 6.10 Å². The Balaban J connectivity index is 2.17. The van der Waals surface area contributed by atoms with Crippen LogP contribution in [0.25, 0.3) is 0 Å². The molecule has 0 aromatic heterocycles. The van der Waals surface area contributed by atoms with E-state index < -0.39 is 5.97 Å². The topological polar surface area (TPSA) is 54.0 Å². The lowest BCUT2D eigenvalue weighted by atomic mass is 10.2. The van der Waals surface area contributed by atoms with Crippen molar-refractivity contribution in [1.29, 1.82) is 0 Å². The Morgan fingerprint density at radius 2 is 2.17 bits per heavy atom. The Kier molecular flexibility index (Phi) is 4.04. The van der Waals surface area contributed by atoms with Crippen LogP contribution in [0.1, 0.15) is 16.8 Å². The average molecular weight is 252 g/mol. The SMILES string of the molecule is COC(=O)c1ccc(OC2CCOC2)c(OC)c1. The molecule has 0 N–H and O–H groups in total. The Hall–Kier alpha value is -1.75. The molecule has 0 amide bonds. The van der Waals surface area contributed by atoms with Crippen molar-refractivity contribution in [2.24, 2.45) is 0 Å². The lowest BCUT2D eigenvalue weighted by molar-refractivity contribution is 0.0600. The fourth-order valence-electron chi connectivity index (χ4n) is 1.80. The minimum absolute atomic E-state index is 0.0443. The molecule has 0 saturated carbocycles. The zero-order valence-corrected chi connectivity index (χ0v) is 10.5. The van der Waals surface area contributed by atoms with Gasteiger partial charge in [-0.25, -0.2) is 4.79 Å². The lowest BCUT2D eigenvalue weighted by Crippen LogP contribution is -2.16. The van der Waals surface area contributed by atoms with E-state index in [1.807, 2.05) is 0 Å². The Morgan fingerprint density at radius 3 is 2.78 bits per heavy atom. The van der Waals surface area contributed by atoms with E-state index in [0.29, 0.717) is 30.3 Å². The summed E-state index contributed by atoms with van der Waals surface area (Å²) >= 11 is 0. The van der Waals surface area contributed by atoms with Gasteiger partial charge in [0.15, 0.2) is 11.5 Å². The number of methoxy groups -OCH3 is 2. The van der Waals surface area contributed by atoms with Gasteiger partial charge < -0.3 is 18.9 Å². The molecular weight excluding hydrogens is 236 g/mol. The van der Waals surface area contributed by atoms with Crippen LogP contribution in [0, 0.1) is 0 Å². The summed E-state index contributed by atoms with van der Waals surface area (Å²) in [6.07, 6.45) is 0.907. The molecular formula is C13H16O5. The standard InChI is InChI=1S/C13H16O5/c1-15-12-7-9(13(14)16-2)3-4-11(12)18-10-5-6-17-8-10/h3-4,7,10H,5-6,8H2,1-2H3. The van der Waals surface area contributed by atoms with Crippen molar-refractivity contribution in [1.82, 2.24) is 0 Å². The summed E-state index contributed by atoms with van der Waals surface area (Å²) in [7, 11) is 2.88. The molecule has 0 bridgehead atoms. The quantitative estimate of drug-likeness (QED) is 0.763. The first-order valence-electron chi connectivity index (χ1n) is 5.75. The normalized spacial score (nSPS) is 18.4. The van der Waals surface area contributed by atoms with Crippen LogP contribution in [0.4, 0.5) is 0 Å². The summed E-state index contributed by atoms with van der Waals surface area (Å²) in [6.45, 7) is 1.30. The van der Waals surface area contributed by atoms with Crippen molar-refractivity contribution < 1.29 is 23.7 Å². The second kappa shape index (κ2) is 5.73. The molecule has 0 spiro atoms. The predicted octanol–water partition coefficient (Wildman–Crippen LogP) is 1.65. The van der Waals surface area contributed by atoms with Crippen molar-refractivity contribution in [3.05, 3.63) is 23.8 Å². The largest absolute Gasteiger partial charge is 0.493 e. The van der Waals surface area contributed by atoms with Gasteiger partial charge >= 0.3 is 5.97 Å². The smallest absolute Gasteiger partial charge is 0.337 e. The van der Waals surface area contributed by atoms with E-state index in [9.17, 15) is 4.79 Å². The minimum atomic E-state index is -0.399. The first-order chi connectivity index (χ1) is 8.74. The Bertz CT molecular complexity index is 423. The number of benzene rings is 1. The van der Waals surface area contributed by atoms with E-state index in [1.165, 1.54) is 14.2 Å². The van der Waals surface area contributed by atoms with Crippen LogP contribution in [-0.4, -0.2) is 39.5 Å². The third kappa shape index (κ3) is 2.73. The van der Waals surface area contributed by atoms with Crippen LogP contribution in [0.2, 0.25) is 0 Å². The third-order valence-corrected chi connectivity index (χ3v) is 2.77. The summed E-state index contributed by atoms with van der Waals surface area (Å²) < 4.78 is 20.9. The summed E-state index contributed by atoms with van der Waals surface area (Å²) in [4.78, 5) is 11.4. The molecule has 5 heteroatoms. The molecule has 0 aliphatic carbocycles. The molecule has 18 heavy (non-hydrogen) atoms. The van der Waals surface area contributed by atoms with Crippen LogP contribution in [-0.2, 0) is 9.47 Å². The fraction of sp³-hybridized carbons (Fsp3) is 0.462. The van der Waals surface area contributed by atoms with Gasteiger partial charge in [0.25, 0.3) is 0 Å². The van der Waals surface area contributed by atoms with E-state index >= 15 is 0 Å². The van der Waals surface area contributed by atoms with Crippen molar-refractivity contribution in [2.75, 3.05) is 27.4 Å². The second-order valence-corrected chi connectivity index (χ2v) is 3.96. The summed E-state index contributed by atoms with van der Waals surface area (Å²) in [6, 6.07) is 4.97. The van der Waals surface area contributed by atoms with E-state index in [0.717, 1.165) is 6.42 Å². The number of esters is 1. The molecule has 1 fully saturated rings. The van der Waals surface area contributed by atoms with Gasteiger partial charge in [0.1, 0.15) is 6.10 Å². The first-order valence-corrected chi connectivity index (χ1v) is 5.75.